The minimum Gasteiger partial charge on any atom is -0.483 e. The van der Waals surface area contributed by atoms with E-state index in [0.29, 0.717) is 17.3 Å². The predicted octanol–water partition coefficient (Wildman–Crippen LogP) is 2.70. The largest absolute Gasteiger partial charge is 0.483 e. The van der Waals surface area contributed by atoms with Crippen molar-refractivity contribution in [1.29, 1.82) is 0 Å². The van der Waals surface area contributed by atoms with Crippen molar-refractivity contribution >= 4 is 16.9 Å². The molecule has 0 radical (unpaired) electrons. The zero-order valence-electron chi connectivity index (χ0n) is 13.6. The lowest BCUT2D eigenvalue weighted by molar-refractivity contribution is -0.123. The first-order chi connectivity index (χ1) is 11.0. The fourth-order valence-electron chi connectivity index (χ4n) is 2.81. The van der Waals surface area contributed by atoms with Crippen molar-refractivity contribution in [2.75, 3.05) is 6.61 Å². The van der Waals surface area contributed by atoms with Gasteiger partial charge in [-0.05, 0) is 57.2 Å². The van der Waals surface area contributed by atoms with Gasteiger partial charge in [0.25, 0.3) is 5.91 Å². The van der Waals surface area contributed by atoms with Crippen LogP contribution in [0.1, 0.15) is 30.9 Å². The molecule has 1 heterocycles. The molecule has 1 N–H and O–H groups in total. The van der Waals surface area contributed by atoms with E-state index in [1.54, 1.807) is 0 Å². The molecule has 1 aliphatic rings. The Kier molecular flexibility index (Phi) is 4.11. The maximum atomic E-state index is 11.9. The third-order valence-electron chi connectivity index (χ3n) is 4.39. The molecule has 0 bridgehead atoms. The molecule has 5 heteroatoms. The summed E-state index contributed by atoms with van der Waals surface area (Å²) in [5.41, 5.74) is 1.72. The first-order valence-electron chi connectivity index (χ1n) is 7.92. The number of hydrogen-bond donors (Lipinski definition) is 1. The van der Waals surface area contributed by atoms with Gasteiger partial charge >= 0.3 is 5.63 Å². The number of hydrogen-bond acceptors (Lipinski definition) is 4. The van der Waals surface area contributed by atoms with Crippen molar-refractivity contribution < 1.29 is 13.9 Å². The normalized spacial score (nSPS) is 15.4. The number of aryl methyl sites for hydroxylation is 2. The Morgan fingerprint density at radius 2 is 2.13 bits per heavy atom. The number of fused-ring (bicyclic) bond motifs is 1. The van der Waals surface area contributed by atoms with E-state index < -0.39 is 0 Å². The van der Waals surface area contributed by atoms with Crippen LogP contribution in [0.15, 0.2) is 27.4 Å². The summed E-state index contributed by atoms with van der Waals surface area (Å²) in [6.07, 6.45) is 2.37. The van der Waals surface area contributed by atoms with Crippen LogP contribution in [-0.4, -0.2) is 18.6 Å². The van der Waals surface area contributed by atoms with Gasteiger partial charge in [-0.1, -0.05) is 0 Å². The van der Waals surface area contributed by atoms with E-state index in [1.807, 2.05) is 32.9 Å². The molecule has 1 aromatic heterocycles. The van der Waals surface area contributed by atoms with Gasteiger partial charge in [0.1, 0.15) is 11.3 Å². The second-order valence-corrected chi connectivity index (χ2v) is 6.30. The molecular formula is C18H21NO4. The highest BCUT2D eigenvalue weighted by molar-refractivity contribution is 5.85. The Morgan fingerprint density at radius 1 is 1.39 bits per heavy atom. The molecule has 1 atom stereocenters. The van der Waals surface area contributed by atoms with Crippen LogP contribution >= 0.6 is 0 Å². The van der Waals surface area contributed by atoms with Crippen LogP contribution in [0.3, 0.4) is 0 Å². The second kappa shape index (κ2) is 6.07. The Labute approximate surface area is 134 Å². The molecule has 23 heavy (non-hydrogen) atoms. The highest BCUT2D eigenvalue weighted by atomic mass is 16.5. The van der Waals surface area contributed by atoms with Gasteiger partial charge in [-0.15, -0.1) is 0 Å². The number of carbonyl (C=O) groups is 1. The smallest absolute Gasteiger partial charge is 0.336 e. The maximum absolute atomic E-state index is 11.9. The molecule has 1 aliphatic carbocycles. The lowest BCUT2D eigenvalue weighted by Gasteiger charge is -2.14. The van der Waals surface area contributed by atoms with Gasteiger partial charge in [0, 0.05) is 23.1 Å². The third-order valence-corrected chi connectivity index (χ3v) is 4.39. The summed E-state index contributed by atoms with van der Waals surface area (Å²) >= 11 is 0. The molecule has 122 valence electrons. The van der Waals surface area contributed by atoms with E-state index in [4.69, 9.17) is 9.15 Å². The number of carbonyl (C=O) groups excluding carboxylic acids is 1. The molecule has 0 spiro atoms. The SMILES string of the molecule is Cc1cc(=O)oc2c(C)c(OCC(=O)N[C@@H](C)C3CC3)ccc12. The van der Waals surface area contributed by atoms with E-state index >= 15 is 0 Å². The molecule has 0 aliphatic heterocycles. The van der Waals surface area contributed by atoms with Crippen LogP contribution in [0, 0.1) is 19.8 Å². The van der Waals surface area contributed by atoms with E-state index in [-0.39, 0.29) is 24.2 Å². The van der Waals surface area contributed by atoms with Crippen LogP contribution in [0.25, 0.3) is 11.0 Å². The molecule has 1 amide bonds. The standard InChI is InChI=1S/C18H21NO4/c1-10-8-17(21)23-18-11(2)15(7-6-14(10)18)22-9-16(20)19-12(3)13-4-5-13/h6-8,12-13H,4-5,9H2,1-3H3,(H,19,20)/t12-/m0/s1. The van der Waals surface area contributed by atoms with Crippen LogP contribution < -0.4 is 15.7 Å². The summed E-state index contributed by atoms with van der Waals surface area (Å²) in [7, 11) is 0. The average molecular weight is 315 g/mol. The van der Waals surface area contributed by atoms with Crippen molar-refractivity contribution in [2.45, 2.75) is 39.7 Å². The van der Waals surface area contributed by atoms with Crippen molar-refractivity contribution in [1.82, 2.24) is 5.32 Å². The maximum Gasteiger partial charge on any atom is 0.336 e. The minimum atomic E-state index is -0.383. The Hall–Kier alpha value is -2.30. The van der Waals surface area contributed by atoms with Crippen LogP contribution in [0.4, 0.5) is 0 Å². The molecule has 1 aromatic carbocycles. The Balaban J connectivity index is 1.74. The summed E-state index contributed by atoms with van der Waals surface area (Å²) in [5.74, 6) is 1.04. The van der Waals surface area contributed by atoms with Crippen LogP contribution in [-0.2, 0) is 4.79 Å². The van der Waals surface area contributed by atoms with E-state index in [0.717, 1.165) is 16.5 Å². The summed E-state index contributed by atoms with van der Waals surface area (Å²) < 4.78 is 10.9. The van der Waals surface area contributed by atoms with Crippen molar-refractivity contribution in [2.24, 2.45) is 5.92 Å². The molecule has 3 rings (SSSR count). The highest BCUT2D eigenvalue weighted by Crippen LogP contribution is 2.32. The van der Waals surface area contributed by atoms with Gasteiger partial charge in [0.2, 0.25) is 0 Å². The molecule has 0 saturated heterocycles. The van der Waals surface area contributed by atoms with Crippen molar-refractivity contribution in [3.63, 3.8) is 0 Å². The lowest BCUT2D eigenvalue weighted by Crippen LogP contribution is -2.37. The number of benzene rings is 1. The summed E-state index contributed by atoms with van der Waals surface area (Å²) in [5, 5.41) is 3.83. The summed E-state index contributed by atoms with van der Waals surface area (Å²) in [6.45, 7) is 5.67. The zero-order chi connectivity index (χ0) is 16.6. The Morgan fingerprint density at radius 3 is 2.83 bits per heavy atom. The molecule has 5 nitrogen and oxygen atoms in total. The van der Waals surface area contributed by atoms with Crippen molar-refractivity contribution in [3.8, 4) is 5.75 Å². The van der Waals surface area contributed by atoms with Gasteiger partial charge in [-0.2, -0.15) is 0 Å². The quantitative estimate of drug-likeness (QED) is 0.861. The van der Waals surface area contributed by atoms with E-state index in [9.17, 15) is 9.59 Å². The van der Waals surface area contributed by atoms with Gasteiger partial charge in [-0.25, -0.2) is 4.79 Å². The average Bonchev–Trinajstić information content (AvgIpc) is 3.32. The van der Waals surface area contributed by atoms with Gasteiger partial charge in [0.05, 0.1) is 0 Å². The second-order valence-electron chi connectivity index (χ2n) is 6.30. The van der Waals surface area contributed by atoms with E-state index in [2.05, 4.69) is 5.32 Å². The monoisotopic (exact) mass is 315 g/mol. The summed E-state index contributed by atoms with van der Waals surface area (Å²) in [4.78, 5) is 23.5. The van der Waals surface area contributed by atoms with Gasteiger partial charge in [0.15, 0.2) is 6.61 Å². The van der Waals surface area contributed by atoms with E-state index in [1.165, 1.54) is 18.9 Å². The van der Waals surface area contributed by atoms with Crippen molar-refractivity contribution in [3.05, 3.63) is 39.7 Å². The fourth-order valence-corrected chi connectivity index (χ4v) is 2.81. The molecule has 2 aromatic rings. The van der Waals surface area contributed by atoms with Crippen LogP contribution in [0.5, 0.6) is 5.75 Å². The number of ether oxygens (including phenoxy) is 1. The molecule has 1 saturated carbocycles. The predicted molar refractivity (Wildman–Crippen MR) is 87.8 cm³/mol. The zero-order valence-corrected chi connectivity index (χ0v) is 13.6. The molecular weight excluding hydrogens is 294 g/mol. The Bertz CT molecular complexity index is 805. The molecule has 0 unspecified atom stereocenters. The van der Waals surface area contributed by atoms with Crippen LogP contribution in [0.2, 0.25) is 0 Å². The van der Waals surface area contributed by atoms with Gasteiger partial charge in [-0.3, -0.25) is 4.79 Å². The number of rotatable bonds is 5. The topological polar surface area (TPSA) is 68.5 Å². The summed E-state index contributed by atoms with van der Waals surface area (Å²) in [6, 6.07) is 5.32. The number of nitrogens with one attached hydrogen (secondary N) is 1. The lowest BCUT2D eigenvalue weighted by atomic mass is 10.1. The molecule has 1 fully saturated rings. The third kappa shape index (κ3) is 3.38. The number of amides is 1. The van der Waals surface area contributed by atoms with Gasteiger partial charge < -0.3 is 14.5 Å². The first-order valence-corrected chi connectivity index (χ1v) is 7.92. The highest BCUT2D eigenvalue weighted by Gasteiger charge is 2.28. The minimum absolute atomic E-state index is 0.0422. The fraction of sp³-hybridized carbons (Fsp3) is 0.444. The first kappa shape index (κ1) is 15.6.